The first-order valence-electron chi connectivity index (χ1n) is 8.57. The van der Waals surface area contributed by atoms with Crippen LogP contribution in [0.2, 0.25) is 0 Å². The third-order valence-electron chi connectivity index (χ3n) is 4.07. The molecule has 0 spiro atoms. The smallest absolute Gasteiger partial charge is 0.118 e. The average Bonchev–Trinajstić information content (AvgIpc) is 3.10. The molecule has 2 nitrogen and oxygen atoms in total. The molecule has 3 heteroatoms. The second kappa shape index (κ2) is 9.11. The fourth-order valence-corrected chi connectivity index (χ4v) is 2.54. The lowest BCUT2D eigenvalue weighted by molar-refractivity contribution is 0.665. The number of aryl methyl sites for hydroxylation is 1. The van der Waals surface area contributed by atoms with Gasteiger partial charge in [0, 0.05) is 6.42 Å². The van der Waals surface area contributed by atoms with E-state index in [1.807, 2.05) is 13.0 Å². The van der Waals surface area contributed by atoms with Gasteiger partial charge >= 0.3 is 0 Å². The first-order chi connectivity index (χ1) is 11.7. The summed E-state index contributed by atoms with van der Waals surface area (Å²) >= 11 is 0. The van der Waals surface area contributed by atoms with Crippen molar-refractivity contribution in [3.63, 3.8) is 0 Å². The van der Waals surface area contributed by atoms with E-state index in [1.54, 1.807) is 13.0 Å². The molecule has 0 aliphatic carbocycles. The predicted molar refractivity (Wildman–Crippen MR) is 101 cm³/mol. The largest absolute Gasteiger partial charge is 0.207 e. The van der Waals surface area contributed by atoms with Gasteiger partial charge in [-0.2, -0.15) is 10.2 Å². The number of unbranched alkanes of at least 4 members (excludes halogenated alkanes) is 1. The first-order valence-corrected chi connectivity index (χ1v) is 8.57. The molecule has 2 rings (SSSR count). The van der Waals surface area contributed by atoms with E-state index >= 15 is 0 Å². The predicted octanol–water partition coefficient (Wildman–Crippen LogP) is 5.95. The minimum atomic E-state index is -0.253. The van der Waals surface area contributed by atoms with Crippen molar-refractivity contribution in [1.82, 2.24) is 0 Å². The fourth-order valence-electron chi connectivity index (χ4n) is 2.54. The molecule has 0 unspecified atom stereocenters. The maximum Gasteiger partial charge on any atom is 0.118 e. The second-order valence-electron chi connectivity index (χ2n) is 5.82. The van der Waals surface area contributed by atoms with E-state index in [0.717, 1.165) is 29.0 Å². The third kappa shape index (κ3) is 4.85. The molecule has 1 aliphatic heterocycles. The summed E-state index contributed by atoms with van der Waals surface area (Å²) in [5, 5.41) is 8.60. The van der Waals surface area contributed by atoms with Crippen molar-refractivity contribution in [2.75, 3.05) is 0 Å². The molecular formula is C21H25FN2. The monoisotopic (exact) mass is 324 g/mol. The molecule has 0 bridgehead atoms. The molecule has 0 N–H and O–H groups in total. The van der Waals surface area contributed by atoms with Crippen molar-refractivity contribution in [2.24, 2.45) is 10.2 Å². The van der Waals surface area contributed by atoms with Gasteiger partial charge in [-0.05, 0) is 49.5 Å². The Labute approximate surface area is 144 Å². The summed E-state index contributed by atoms with van der Waals surface area (Å²) in [5.74, 6) is -0.253. The minimum absolute atomic E-state index is 0.253. The van der Waals surface area contributed by atoms with Crippen LogP contribution in [0.5, 0.6) is 0 Å². The van der Waals surface area contributed by atoms with E-state index in [-0.39, 0.29) is 5.83 Å². The lowest BCUT2D eigenvalue weighted by Gasteiger charge is -2.04. The lowest BCUT2D eigenvalue weighted by atomic mass is 9.99. The van der Waals surface area contributed by atoms with Gasteiger partial charge in [-0.25, -0.2) is 4.39 Å². The normalized spacial score (nSPS) is 15.8. The summed E-state index contributed by atoms with van der Waals surface area (Å²) in [7, 11) is 0. The number of hydrogen-bond acceptors (Lipinski definition) is 2. The maximum absolute atomic E-state index is 13.3. The number of rotatable bonds is 7. The van der Waals surface area contributed by atoms with Gasteiger partial charge in [-0.3, -0.25) is 0 Å². The van der Waals surface area contributed by atoms with Crippen LogP contribution in [0.15, 0.2) is 70.2 Å². The number of benzene rings is 1. The highest BCUT2D eigenvalue weighted by Gasteiger charge is 2.16. The van der Waals surface area contributed by atoms with Crippen LogP contribution in [-0.2, 0) is 6.42 Å². The van der Waals surface area contributed by atoms with Gasteiger partial charge in [0.05, 0.1) is 11.4 Å². The van der Waals surface area contributed by atoms with Gasteiger partial charge in [0.15, 0.2) is 0 Å². The van der Waals surface area contributed by atoms with E-state index in [4.69, 9.17) is 0 Å². The van der Waals surface area contributed by atoms with Gasteiger partial charge in [0.25, 0.3) is 0 Å². The van der Waals surface area contributed by atoms with Crippen LogP contribution in [0.25, 0.3) is 0 Å². The molecule has 1 aromatic carbocycles. The first kappa shape index (κ1) is 18.1. The highest BCUT2D eigenvalue weighted by molar-refractivity contribution is 6.21. The van der Waals surface area contributed by atoms with Crippen molar-refractivity contribution in [3.8, 4) is 0 Å². The zero-order valence-electron chi connectivity index (χ0n) is 14.7. The molecule has 0 amide bonds. The van der Waals surface area contributed by atoms with Crippen LogP contribution in [0.1, 0.15) is 51.2 Å². The second-order valence-corrected chi connectivity index (χ2v) is 5.82. The zero-order chi connectivity index (χ0) is 17.4. The number of nitrogens with zero attached hydrogens (tertiary/aromatic N) is 2. The highest BCUT2D eigenvalue weighted by Crippen LogP contribution is 2.18. The van der Waals surface area contributed by atoms with Gasteiger partial charge in [-0.1, -0.05) is 55.8 Å². The van der Waals surface area contributed by atoms with Gasteiger partial charge < -0.3 is 0 Å². The van der Waals surface area contributed by atoms with Crippen molar-refractivity contribution in [3.05, 3.63) is 71.1 Å². The molecule has 0 saturated carbocycles. The molecule has 0 radical (unpaired) electrons. The van der Waals surface area contributed by atoms with Crippen LogP contribution in [0, 0.1) is 0 Å². The Balaban J connectivity index is 2.02. The summed E-state index contributed by atoms with van der Waals surface area (Å²) in [4.78, 5) is 0. The summed E-state index contributed by atoms with van der Waals surface area (Å²) in [6, 6.07) is 8.58. The molecular weight excluding hydrogens is 299 g/mol. The summed E-state index contributed by atoms with van der Waals surface area (Å²) < 4.78 is 13.3. The topological polar surface area (TPSA) is 24.7 Å². The minimum Gasteiger partial charge on any atom is -0.207 e. The Morgan fingerprint density at radius 1 is 1.08 bits per heavy atom. The zero-order valence-corrected chi connectivity index (χ0v) is 14.7. The van der Waals surface area contributed by atoms with Crippen LogP contribution in [0.3, 0.4) is 0 Å². The molecule has 1 aliphatic rings. The molecule has 126 valence electrons. The molecule has 0 aromatic heterocycles. The van der Waals surface area contributed by atoms with Crippen molar-refractivity contribution in [2.45, 2.75) is 46.5 Å². The molecule has 0 atom stereocenters. The summed E-state index contributed by atoms with van der Waals surface area (Å²) in [5.41, 5.74) is 5.21. The number of halogens is 1. The van der Waals surface area contributed by atoms with Crippen LogP contribution in [0.4, 0.5) is 4.39 Å². The van der Waals surface area contributed by atoms with Crippen LogP contribution >= 0.6 is 0 Å². The van der Waals surface area contributed by atoms with Crippen molar-refractivity contribution >= 4 is 11.4 Å². The van der Waals surface area contributed by atoms with Crippen LogP contribution in [-0.4, -0.2) is 11.4 Å². The molecule has 24 heavy (non-hydrogen) atoms. The Morgan fingerprint density at radius 2 is 1.83 bits per heavy atom. The van der Waals surface area contributed by atoms with Gasteiger partial charge in [-0.15, -0.1) is 0 Å². The van der Waals surface area contributed by atoms with Gasteiger partial charge in [0.2, 0.25) is 0 Å². The average molecular weight is 324 g/mol. The molecule has 0 saturated heterocycles. The number of allylic oxidation sites excluding steroid dienone is 6. The fraction of sp³-hybridized carbons (Fsp3) is 0.333. The quantitative estimate of drug-likeness (QED) is 0.553. The van der Waals surface area contributed by atoms with Crippen LogP contribution < -0.4 is 0 Å². The van der Waals surface area contributed by atoms with E-state index in [9.17, 15) is 4.39 Å². The Bertz CT molecular complexity index is 704. The Morgan fingerprint density at radius 3 is 2.46 bits per heavy atom. The van der Waals surface area contributed by atoms with E-state index < -0.39 is 0 Å². The van der Waals surface area contributed by atoms with Gasteiger partial charge in [0.1, 0.15) is 5.83 Å². The highest BCUT2D eigenvalue weighted by atomic mass is 19.1. The summed E-state index contributed by atoms with van der Waals surface area (Å²) in [6.07, 6.45) is 10.8. The van der Waals surface area contributed by atoms with E-state index in [2.05, 4.69) is 41.4 Å². The van der Waals surface area contributed by atoms with E-state index in [1.165, 1.54) is 30.6 Å². The third-order valence-corrected chi connectivity index (χ3v) is 4.07. The van der Waals surface area contributed by atoms with Crippen molar-refractivity contribution < 1.29 is 4.39 Å². The van der Waals surface area contributed by atoms with E-state index in [0.29, 0.717) is 6.42 Å². The standard InChI is InChI=1S/C21H25FN2/c1-4-7-8-16-9-11-18(12-10-16)21-15-20(23-24-21)17(5-2)13-14-19(22)6-3/h5-6,9-14H,4,7-8,15H2,1-3H3/b14-13-,17-5+,19-6+. The van der Waals surface area contributed by atoms with Crippen molar-refractivity contribution in [1.29, 1.82) is 0 Å². The lowest BCUT2D eigenvalue weighted by Crippen LogP contribution is -2.05. The molecule has 0 fully saturated rings. The SMILES string of the molecule is C\C=C(F)/C=C\C(=C/C)C1=NN=C(c2ccc(CCCC)cc2)C1. The molecule has 1 heterocycles. The Hall–Kier alpha value is -2.29. The molecule has 1 aromatic rings. The maximum atomic E-state index is 13.3. The summed E-state index contributed by atoms with van der Waals surface area (Å²) in [6.45, 7) is 5.81. The number of hydrogen-bond donors (Lipinski definition) is 0. The Kier molecular flexibility index (Phi) is 6.86.